The third kappa shape index (κ3) is 4.77. The van der Waals surface area contributed by atoms with Crippen LogP contribution in [0.1, 0.15) is 40.5 Å². The number of rotatable bonds is 2. The van der Waals surface area contributed by atoms with Crippen LogP contribution in [0.4, 0.5) is 4.79 Å². The Hall–Kier alpha value is -1.49. The van der Waals surface area contributed by atoms with Crippen LogP contribution in [-0.4, -0.2) is 40.3 Å². The Morgan fingerprint density at radius 3 is 2.73 bits per heavy atom. The van der Waals surface area contributed by atoms with Crippen molar-refractivity contribution in [1.29, 1.82) is 0 Å². The molecule has 1 aliphatic heterocycles. The van der Waals surface area contributed by atoms with Crippen molar-refractivity contribution in [1.82, 2.24) is 9.88 Å². The first-order valence-corrected chi connectivity index (χ1v) is 7.91. The molecule has 0 bridgehead atoms. The van der Waals surface area contributed by atoms with Gasteiger partial charge < -0.3 is 14.4 Å². The van der Waals surface area contributed by atoms with Gasteiger partial charge in [0.1, 0.15) is 16.9 Å². The number of pyridine rings is 1. The molecule has 1 fully saturated rings. The maximum atomic E-state index is 12.2. The third-order valence-corrected chi connectivity index (χ3v) is 3.64. The summed E-state index contributed by atoms with van der Waals surface area (Å²) in [5.41, 5.74) is -0.477. The highest BCUT2D eigenvalue weighted by Crippen LogP contribution is 2.24. The fourth-order valence-corrected chi connectivity index (χ4v) is 2.61. The second-order valence-electron chi connectivity index (χ2n) is 6.59. The van der Waals surface area contributed by atoms with Gasteiger partial charge in [-0.1, -0.05) is 17.7 Å². The number of halogens is 1. The Balaban J connectivity index is 1.91. The van der Waals surface area contributed by atoms with Gasteiger partial charge in [-0.05, 0) is 33.8 Å². The molecular weight excluding hydrogens is 304 g/mol. The molecule has 2 rings (SSSR count). The monoisotopic (exact) mass is 326 g/mol. The maximum absolute atomic E-state index is 12.2. The summed E-state index contributed by atoms with van der Waals surface area (Å²) in [7, 11) is 0. The van der Waals surface area contributed by atoms with E-state index in [1.807, 2.05) is 33.8 Å². The first-order chi connectivity index (χ1) is 10.2. The van der Waals surface area contributed by atoms with Gasteiger partial charge in [0.2, 0.25) is 5.88 Å². The van der Waals surface area contributed by atoms with E-state index in [-0.39, 0.29) is 18.2 Å². The molecule has 1 amide bonds. The van der Waals surface area contributed by atoms with E-state index in [2.05, 4.69) is 4.98 Å². The SMILES string of the molecule is C[C@@H]1C[C@@H](Oc2cccc(Cl)n2)CCN1C(=O)OC(C)(C)C. The summed E-state index contributed by atoms with van der Waals surface area (Å²) >= 11 is 5.86. The van der Waals surface area contributed by atoms with E-state index < -0.39 is 5.60 Å². The fraction of sp³-hybridized carbons (Fsp3) is 0.625. The Morgan fingerprint density at radius 1 is 1.41 bits per heavy atom. The van der Waals surface area contributed by atoms with Gasteiger partial charge in [-0.2, -0.15) is 0 Å². The average molecular weight is 327 g/mol. The van der Waals surface area contributed by atoms with Crippen molar-refractivity contribution in [2.24, 2.45) is 0 Å². The second kappa shape index (κ2) is 6.73. The zero-order valence-electron chi connectivity index (χ0n) is 13.5. The lowest BCUT2D eigenvalue weighted by molar-refractivity contribution is -0.00150. The molecule has 0 aromatic carbocycles. The number of ether oxygens (including phenoxy) is 2. The van der Waals surface area contributed by atoms with Gasteiger partial charge in [0.25, 0.3) is 0 Å². The minimum absolute atomic E-state index is 0.0275. The van der Waals surface area contributed by atoms with Gasteiger partial charge in [0.15, 0.2) is 0 Å². The van der Waals surface area contributed by atoms with Gasteiger partial charge in [0.05, 0.1) is 0 Å². The molecule has 2 atom stereocenters. The van der Waals surface area contributed by atoms with Crippen molar-refractivity contribution in [3.05, 3.63) is 23.4 Å². The normalized spacial score (nSPS) is 22.3. The van der Waals surface area contributed by atoms with Crippen LogP contribution in [0.15, 0.2) is 18.2 Å². The van der Waals surface area contributed by atoms with Crippen LogP contribution >= 0.6 is 11.6 Å². The number of hydrogen-bond donors (Lipinski definition) is 0. The van der Waals surface area contributed by atoms with Crippen LogP contribution in [0.3, 0.4) is 0 Å². The molecule has 1 saturated heterocycles. The smallest absolute Gasteiger partial charge is 0.410 e. The molecule has 1 aromatic rings. The predicted octanol–water partition coefficient (Wildman–Crippen LogP) is 3.90. The highest BCUT2D eigenvalue weighted by atomic mass is 35.5. The number of carbonyl (C=O) groups excluding carboxylic acids is 1. The summed E-state index contributed by atoms with van der Waals surface area (Å²) in [4.78, 5) is 18.1. The fourth-order valence-electron chi connectivity index (χ4n) is 2.45. The molecule has 0 spiro atoms. The molecule has 22 heavy (non-hydrogen) atoms. The standard InChI is InChI=1S/C16H23ClN2O3/c1-11-10-12(21-14-7-5-6-13(17)18-14)8-9-19(11)15(20)22-16(2,3)4/h5-7,11-12H,8-10H2,1-4H3/t11-,12+/m1/s1. The molecule has 0 radical (unpaired) electrons. The molecule has 0 aliphatic carbocycles. The van der Waals surface area contributed by atoms with Gasteiger partial charge in [-0.3, -0.25) is 0 Å². The van der Waals surface area contributed by atoms with Crippen molar-refractivity contribution >= 4 is 17.7 Å². The van der Waals surface area contributed by atoms with E-state index in [4.69, 9.17) is 21.1 Å². The summed E-state index contributed by atoms with van der Waals surface area (Å²) in [6.45, 7) is 8.23. The number of hydrogen-bond acceptors (Lipinski definition) is 4. The second-order valence-corrected chi connectivity index (χ2v) is 6.97. The topological polar surface area (TPSA) is 51.7 Å². The number of carbonyl (C=O) groups is 1. The lowest BCUT2D eigenvalue weighted by atomic mass is 10.0. The van der Waals surface area contributed by atoms with Crippen molar-refractivity contribution in [3.8, 4) is 5.88 Å². The quantitative estimate of drug-likeness (QED) is 0.773. The molecule has 5 nitrogen and oxygen atoms in total. The zero-order chi connectivity index (χ0) is 16.3. The predicted molar refractivity (Wildman–Crippen MR) is 85.3 cm³/mol. The highest BCUT2D eigenvalue weighted by molar-refractivity contribution is 6.29. The van der Waals surface area contributed by atoms with Crippen molar-refractivity contribution in [3.63, 3.8) is 0 Å². The van der Waals surface area contributed by atoms with Crippen LogP contribution in [0.2, 0.25) is 5.15 Å². The molecule has 6 heteroatoms. The molecule has 0 N–H and O–H groups in total. The van der Waals surface area contributed by atoms with E-state index in [0.29, 0.717) is 17.6 Å². The first kappa shape index (κ1) is 16.9. The van der Waals surface area contributed by atoms with Crippen molar-refractivity contribution < 1.29 is 14.3 Å². The number of likely N-dealkylation sites (tertiary alicyclic amines) is 1. The average Bonchev–Trinajstić information content (AvgIpc) is 2.36. The van der Waals surface area contributed by atoms with Crippen LogP contribution in [0.5, 0.6) is 5.88 Å². The maximum Gasteiger partial charge on any atom is 0.410 e. The Bertz CT molecular complexity index is 530. The number of amides is 1. The van der Waals surface area contributed by atoms with Crippen molar-refractivity contribution in [2.75, 3.05) is 6.54 Å². The van der Waals surface area contributed by atoms with Crippen molar-refractivity contribution in [2.45, 2.75) is 58.3 Å². The summed E-state index contributed by atoms with van der Waals surface area (Å²) < 4.78 is 11.3. The lowest BCUT2D eigenvalue weighted by Crippen LogP contribution is -2.49. The van der Waals surface area contributed by atoms with Crippen LogP contribution in [-0.2, 0) is 4.74 Å². The number of aromatic nitrogens is 1. The van der Waals surface area contributed by atoms with E-state index >= 15 is 0 Å². The molecular formula is C16H23ClN2O3. The van der Waals surface area contributed by atoms with E-state index in [0.717, 1.165) is 12.8 Å². The van der Waals surface area contributed by atoms with Crippen LogP contribution in [0, 0.1) is 0 Å². The first-order valence-electron chi connectivity index (χ1n) is 7.53. The minimum atomic E-state index is -0.477. The number of nitrogens with zero attached hydrogens (tertiary/aromatic N) is 2. The lowest BCUT2D eigenvalue weighted by Gasteiger charge is -2.38. The Labute approximate surface area is 136 Å². The van der Waals surface area contributed by atoms with Gasteiger partial charge in [0, 0.05) is 31.5 Å². The summed E-state index contributed by atoms with van der Waals surface area (Å²) in [6, 6.07) is 5.37. The molecule has 1 aromatic heterocycles. The zero-order valence-corrected chi connectivity index (χ0v) is 14.3. The molecule has 0 unspecified atom stereocenters. The Morgan fingerprint density at radius 2 is 2.14 bits per heavy atom. The summed E-state index contributed by atoms with van der Waals surface area (Å²) in [5.74, 6) is 0.524. The third-order valence-electron chi connectivity index (χ3n) is 3.43. The molecule has 122 valence electrons. The van der Waals surface area contributed by atoms with Gasteiger partial charge in [-0.15, -0.1) is 0 Å². The van der Waals surface area contributed by atoms with Crippen LogP contribution < -0.4 is 4.74 Å². The number of piperidine rings is 1. The highest BCUT2D eigenvalue weighted by Gasteiger charge is 2.32. The van der Waals surface area contributed by atoms with E-state index in [1.165, 1.54) is 0 Å². The summed E-state index contributed by atoms with van der Waals surface area (Å²) in [5, 5.41) is 0.414. The summed E-state index contributed by atoms with van der Waals surface area (Å²) in [6.07, 6.45) is 1.25. The molecule has 2 heterocycles. The van der Waals surface area contributed by atoms with E-state index in [9.17, 15) is 4.79 Å². The largest absolute Gasteiger partial charge is 0.474 e. The van der Waals surface area contributed by atoms with Gasteiger partial charge in [-0.25, -0.2) is 9.78 Å². The minimum Gasteiger partial charge on any atom is -0.474 e. The van der Waals surface area contributed by atoms with E-state index in [1.54, 1.807) is 17.0 Å². The molecule has 1 aliphatic rings. The van der Waals surface area contributed by atoms with Gasteiger partial charge >= 0.3 is 6.09 Å². The van der Waals surface area contributed by atoms with Crippen LogP contribution in [0.25, 0.3) is 0 Å². The molecule has 0 saturated carbocycles. The Kier molecular flexibility index (Phi) is 5.16.